The lowest BCUT2D eigenvalue weighted by molar-refractivity contribution is 0.148. The summed E-state index contributed by atoms with van der Waals surface area (Å²) in [4.78, 5) is 0. The van der Waals surface area contributed by atoms with E-state index in [-0.39, 0.29) is 18.1 Å². The van der Waals surface area contributed by atoms with Crippen molar-refractivity contribution in [1.82, 2.24) is 0 Å². The fraction of sp³-hybridized carbons (Fsp3) is 0.455. The summed E-state index contributed by atoms with van der Waals surface area (Å²) in [6.45, 7) is 3.84. The van der Waals surface area contributed by atoms with Gasteiger partial charge in [-0.3, -0.25) is 0 Å². The maximum atomic E-state index is 12.1. The molecule has 0 bridgehead atoms. The van der Waals surface area contributed by atoms with Crippen LogP contribution in [0.15, 0.2) is 18.2 Å². The van der Waals surface area contributed by atoms with Crippen LogP contribution in [0.5, 0.6) is 5.75 Å². The molecule has 1 aromatic carbocycles. The lowest BCUT2D eigenvalue weighted by Gasteiger charge is -2.11. The predicted molar refractivity (Wildman–Crippen MR) is 51.9 cm³/mol. The molecule has 3 heteroatoms. The molecule has 0 saturated carbocycles. The van der Waals surface area contributed by atoms with Crippen molar-refractivity contribution in [3.8, 4) is 5.75 Å². The number of halogens is 2. The fourth-order valence-electron chi connectivity index (χ4n) is 1.41. The Balaban J connectivity index is 3.01. The maximum absolute atomic E-state index is 12.1. The molecule has 0 saturated heterocycles. The average Bonchev–Trinajstić information content (AvgIpc) is 2.07. The normalized spacial score (nSPS) is 11.3. The Morgan fingerprint density at radius 1 is 1.29 bits per heavy atom. The monoisotopic (exact) mass is 200 g/mol. The largest absolute Gasteiger partial charge is 0.507 e. The van der Waals surface area contributed by atoms with Gasteiger partial charge in [0.1, 0.15) is 5.75 Å². The number of benzene rings is 1. The van der Waals surface area contributed by atoms with Gasteiger partial charge in [-0.15, -0.1) is 0 Å². The van der Waals surface area contributed by atoms with Crippen molar-refractivity contribution >= 4 is 0 Å². The molecule has 0 spiro atoms. The second kappa shape index (κ2) is 4.40. The molecule has 1 aromatic rings. The first-order chi connectivity index (χ1) is 6.52. The quantitative estimate of drug-likeness (QED) is 0.793. The van der Waals surface area contributed by atoms with E-state index < -0.39 is 6.43 Å². The van der Waals surface area contributed by atoms with Crippen molar-refractivity contribution < 1.29 is 13.9 Å². The summed E-state index contributed by atoms with van der Waals surface area (Å²) in [6.07, 6.45) is -2.80. The average molecular weight is 200 g/mol. The summed E-state index contributed by atoms with van der Waals surface area (Å²) in [5.41, 5.74) is 1.05. The van der Waals surface area contributed by atoms with E-state index in [1.807, 2.05) is 13.8 Å². The van der Waals surface area contributed by atoms with Gasteiger partial charge in [-0.05, 0) is 17.0 Å². The van der Waals surface area contributed by atoms with E-state index in [0.717, 1.165) is 5.56 Å². The molecule has 1 nitrogen and oxygen atoms in total. The van der Waals surface area contributed by atoms with Gasteiger partial charge in [0.05, 0.1) is 0 Å². The Kier molecular flexibility index (Phi) is 3.44. The molecule has 0 amide bonds. The van der Waals surface area contributed by atoms with Crippen LogP contribution in [-0.2, 0) is 6.42 Å². The van der Waals surface area contributed by atoms with Gasteiger partial charge in [0.25, 0.3) is 0 Å². The van der Waals surface area contributed by atoms with Crippen molar-refractivity contribution in [2.45, 2.75) is 32.6 Å². The fourth-order valence-corrected chi connectivity index (χ4v) is 1.41. The van der Waals surface area contributed by atoms with Crippen LogP contribution >= 0.6 is 0 Å². The van der Waals surface area contributed by atoms with Gasteiger partial charge >= 0.3 is 0 Å². The molecule has 14 heavy (non-hydrogen) atoms. The number of hydrogen-bond donors (Lipinski definition) is 1. The molecule has 0 radical (unpaired) electrons. The highest BCUT2D eigenvalue weighted by atomic mass is 19.3. The van der Waals surface area contributed by atoms with Crippen molar-refractivity contribution in [3.05, 3.63) is 29.3 Å². The van der Waals surface area contributed by atoms with Crippen molar-refractivity contribution in [2.24, 2.45) is 0 Å². The number of phenols is 1. The van der Waals surface area contributed by atoms with Crippen LogP contribution in [0.1, 0.15) is 30.9 Å². The minimum atomic E-state index is -2.41. The highest BCUT2D eigenvalue weighted by Crippen LogP contribution is 2.29. The third kappa shape index (κ3) is 2.44. The molecule has 0 unspecified atom stereocenters. The number of alkyl halides is 2. The molecule has 0 aliphatic carbocycles. The highest BCUT2D eigenvalue weighted by molar-refractivity contribution is 5.42. The van der Waals surface area contributed by atoms with Crippen LogP contribution in [0.4, 0.5) is 8.78 Å². The van der Waals surface area contributed by atoms with Gasteiger partial charge in [0, 0.05) is 6.42 Å². The lowest BCUT2D eigenvalue weighted by Crippen LogP contribution is -1.99. The highest BCUT2D eigenvalue weighted by Gasteiger charge is 2.13. The van der Waals surface area contributed by atoms with Crippen LogP contribution in [-0.4, -0.2) is 11.5 Å². The Morgan fingerprint density at radius 3 is 2.43 bits per heavy atom. The summed E-state index contributed by atoms with van der Waals surface area (Å²) in [6, 6.07) is 5.00. The molecule has 0 aliphatic rings. The minimum absolute atomic E-state index is 0.0165. The molecule has 1 rings (SSSR count). The molecule has 0 fully saturated rings. The van der Waals surface area contributed by atoms with E-state index in [4.69, 9.17) is 0 Å². The molecule has 0 heterocycles. The van der Waals surface area contributed by atoms with Crippen molar-refractivity contribution in [2.75, 3.05) is 0 Å². The second-order valence-corrected chi connectivity index (χ2v) is 3.60. The summed E-state index contributed by atoms with van der Waals surface area (Å²) in [5, 5.41) is 9.67. The van der Waals surface area contributed by atoms with Crippen LogP contribution in [0, 0.1) is 0 Å². The third-order valence-electron chi connectivity index (χ3n) is 2.15. The Bertz CT molecular complexity index is 308. The van der Waals surface area contributed by atoms with Gasteiger partial charge in [-0.25, -0.2) is 8.78 Å². The number of phenolic OH excluding ortho intramolecular Hbond substituents is 1. The first kappa shape index (κ1) is 11.0. The summed E-state index contributed by atoms with van der Waals surface area (Å²) in [7, 11) is 0. The molecule has 0 aliphatic heterocycles. The molecular weight excluding hydrogens is 186 g/mol. The third-order valence-corrected chi connectivity index (χ3v) is 2.15. The summed E-state index contributed by atoms with van der Waals surface area (Å²) >= 11 is 0. The first-order valence-electron chi connectivity index (χ1n) is 4.61. The zero-order valence-electron chi connectivity index (χ0n) is 8.30. The summed E-state index contributed by atoms with van der Waals surface area (Å²) in [5.74, 6) is 0.162. The molecular formula is C11H14F2O. The number of para-hydroxylation sites is 1. The van der Waals surface area contributed by atoms with E-state index in [2.05, 4.69) is 0 Å². The molecule has 0 atom stereocenters. The van der Waals surface area contributed by atoms with E-state index in [1.165, 1.54) is 6.07 Å². The van der Waals surface area contributed by atoms with Crippen LogP contribution in [0.25, 0.3) is 0 Å². The SMILES string of the molecule is CC(C)c1cccc(CC(F)F)c1O. The molecule has 78 valence electrons. The molecule has 1 N–H and O–H groups in total. The van der Waals surface area contributed by atoms with Gasteiger partial charge in [-0.1, -0.05) is 32.0 Å². The van der Waals surface area contributed by atoms with Crippen LogP contribution in [0.3, 0.4) is 0 Å². The van der Waals surface area contributed by atoms with E-state index >= 15 is 0 Å². The van der Waals surface area contributed by atoms with E-state index in [9.17, 15) is 13.9 Å². The van der Waals surface area contributed by atoms with E-state index in [1.54, 1.807) is 12.1 Å². The van der Waals surface area contributed by atoms with Gasteiger partial charge in [0.2, 0.25) is 6.43 Å². The molecule has 0 aromatic heterocycles. The van der Waals surface area contributed by atoms with E-state index in [0.29, 0.717) is 5.56 Å². The Morgan fingerprint density at radius 2 is 1.93 bits per heavy atom. The topological polar surface area (TPSA) is 20.2 Å². The Hall–Kier alpha value is -1.12. The van der Waals surface area contributed by atoms with Crippen molar-refractivity contribution in [3.63, 3.8) is 0 Å². The number of aromatic hydroxyl groups is 1. The standard InChI is InChI=1S/C11H14F2O/c1-7(2)9-5-3-4-8(11(9)14)6-10(12)13/h3-5,7,10,14H,6H2,1-2H3. The van der Waals surface area contributed by atoms with Gasteiger partial charge in [0.15, 0.2) is 0 Å². The smallest absolute Gasteiger partial charge is 0.242 e. The lowest BCUT2D eigenvalue weighted by atomic mass is 9.98. The van der Waals surface area contributed by atoms with Crippen LogP contribution < -0.4 is 0 Å². The number of hydrogen-bond acceptors (Lipinski definition) is 1. The minimum Gasteiger partial charge on any atom is -0.507 e. The second-order valence-electron chi connectivity index (χ2n) is 3.60. The summed E-state index contributed by atoms with van der Waals surface area (Å²) < 4.78 is 24.2. The Labute approximate surface area is 82.4 Å². The zero-order chi connectivity index (χ0) is 10.7. The van der Waals surface area contributed by atoms with Gasteiger partial charge in [-0.2, -0.15) is 0 Å². The predicted octanol–water partition coefficient (Wildman–Crippen LogP) is 3.32. The number of rotatable bonds is 3. The maximum Gasteiger partial charge on any atom is 0.242 e. The zero-order valence-corrected chi connectivity index (χ0v) is 8.30. The van der Waals surface area contributed by atoms with Crippen LogP contribution in [0.2, 0.25) is 0 Å². The van der Waals surface area contributed by atoms with Crippen molar-refractivity contribution in [1.29, 1.82) is 0 Å². The first-order valence-corrected chi connectivity index (χ1v) is 4.61. The van der Waals surface area contributed by atoms with Gasteiger partial charge < -0.3 is 5.11 Å².